The Balaban J connectivity index is 1.35. The zero-order valence-electron chi connectivity index (χ0n) is 17.0. The van der Waals surface area contributed by atoms with E-state index in [9.17, 15) is 14.4 Å². The van der Waals surface area contributed by atoms with E-state index in [1.807, 2.05) is 38.1 Å². The molecular weight excluding hydrogens is 388 g/mol. The Kier molecular flexibility index (Phi) is 5.27. The third kappa shape index (κ3) is 3.67. The van der Waals surface area contributed by atoms with Gasteiger partial charge in [0.2, 0.25) is 5.89 Å². The monoisotopic (exact) mass is 412 g/mol. The van der Waals surface area contributed by atoms with Crippen LogP contribution in [0.1, 0.15) is 44.1 Å². The van der Waals surface area contributed by atoms with Crippen LogP contribution in [0.4, 0.5) is 4.79 Å². The Morgan fingerprint density at radius 1 is 1.33 bits per heavy atom. The van der Waals surface area contributed by atoms with Gasteiger partial charge < -0.3 is 14.5 Å². The van der Waals surface area contributed by atoms with Gasteiger partial charge in [0.15, 0.2) is 6.61 Å². The molecule has 1 saturated carbocycles. The number of nitrogens with one attached hydrogen (secondary N) is 1. The van der Waals surface area contributed by atoms with Gasteiger partial charge in [0.25, 0.3) is 11.8 Å². The Bertz CT molecular complexity index is 987. The first-order valence-electron chi connectivity index (χ1n) is 10.1. The number of rotatable bonds is 5. The zero-order chi connectivity index (χ0) is 21.3. The molecular formula is C21H24N4O5. The highest BCUT2D eigenvalue weighted by atomic mass is 16.5. The van der Waals surface area contributed by atoms with Crippen LogP contribution in [-0.4, -0.2) is 45.1 Å². The number of urea groups is 1. The molecule has 30 heavy (non-hydrogen) atoms. The van der Waals surface area contributed by atoms with Gasteiger partial charge in [-0.3, -0.25) is 14.5 Å². The largest absolute Gasteiger partial charge is 0.454 e. The highest BCUT2D eigenvalue weighted by Crippen LogP contribution is 2.38. The lowest BCUT2D eigenvalue weighted by molar-refractivity contribution is -0.150. The van der Waals surface area contributed by atoms with Crippen molar-refractivity contribution in [2.24, 2.45) is 5.92 Å². The van der Waals surface area contributed by atoms with E-state index < -0.39 is 24.1 Å². The maximum absolute atomic E-state index is 12.9. The van der Waals surface area contributed by atoms with E-state index in [1.54, 1.807) is 0 Å². The lowest BCUT2D eigenvalue weighted by Gasteiger charge is -2.36. The topological polar surface area (TPSA) is 115 Å². The second-order valence-corrected chi connectivity index (χ2v) is 7.97. The molecule has 1 aromatic heterocycles. The van der Waals surface area contributed by atoms with Crippen molar-refractivity contribution >= 4 is 17.9 Å². The van der Waals surface area contributed by atoms with Crippen LogP contribution in [0.5, 0.6) is 0 Å². The summed E-state index contributed by atoms with van der Waals surface area (Å²) in [6.07, 6.45) is 3.36. The average Bonchev–Trinajstić information content (AvgIpc) is 3.28. The summed E-state index contributed by atoms with van der Waals surface area (Å²) in [6, 6.07) is 7.03. The van der Waals surface area contributed by atoms with Gasteiger partial charge in [-0.15, -0.1) is 10.2 Å². The molecule has 2 heterocycles. The lowest BCUT2D eigenvalue weighted by atomic mass is 9.73. The van der Waals surface area contributed by atoms with E-state index in [2.05, 4.69) is 15.5 Å². The lowest BCUT2D eigenvalue weighted by Crippen LogP contribution is -2.54. The molecule has 2 aliphatic rings. The predicted octanol–water partition coefficient (Wildman–Crippen LogP) is 2.59. The Hall–Kier alpha value is -3.23. The van der Waals surface area contributed by atoms with Crippen molar-refractivity contribution in [3.8, 4) is 11.5 Å². The van der Waals surface area contributed by atoms with Crippen molar-refractivity contribution in [3.63, 3.8) is 0 Å². The third-order valence-electron chi connectivity index (χ3n) is 5.88. The van der Waals surface area contributed by atoms with Crippen LogP contribution in [0, 0.1) is 12.8 Å². The highest BCUT2D eigenvalue weighted by Gasteiger charge is 2.55. The zero-order valence-corrected chi connectivity index (χ0v) is 17.0. The first-order valence-corrected chi connectivity index (χ1v) is 10.1. The number of hydrogen-bond acceptors (Lipinski definition) is 7. The quantitative estimate of drug-likeness (QED) is 0.593. The molecule has 158 valence electrons. The van der Waals surface area contributed by atoms with Gasteiger partial charge in [-0.05, 0) is 37.8 Å². The number of aromatic nitrogens is 2. The Morgan fingerprint density at radius 3 is 2.93 bits per heavy atom. The standard InChI is InChI=1S/C21H24N4O5/c1-13-6-5-8-15(10-13)18-24-23-16(30-18)12-29-17(26)11-25-19(27)21(22-20(25)28)9-4-3-7-14(21)2/h5-6,8,10,14H,3-4,7,9,11-12H2,1-2H3,(H,22,28)/t14-,21+/m0/s1. The van der Waals surface area contributed by atoms with E-state index in [0.29, 0.717) is 12.3 Å². The molecule has 1 aromatic carbocycles. The molecule has 2 fully saturated rings. The van der Waals surface area contributed by atoms with Crippen LogP contribution in [0.3, 0.4) is 0 Å². The van der Waals surface area contributed by atoms with Crippen LogP contribution < -0.4 is 5.32 Å². The normalized spacial score (nSPS) is 23.7. The van der Waals surface area contributed by atoms with Gasteiger partial charge in [-0.25, -0.2) is 4.79 Å². The van der Waals surface area contributed by atoms with Crippen LogP contribution in [0.15, 0.2) is 28.7 Å². The summed E-state index contributed by atoms with van der Waals surface area (Å²) in [5.41, 5.74) is 0.925. The number of carbonyl (C=O) groups is 3. The molecule has 9 nitrogen and oxygen atoms in total. The second kappa shape index (κ2) is 7.89. The van der Waals surface area contributed by atoms with Crippen LogP contribution in [-0.2, 0) is 20.9 Å². The van der Waals surface area contributed by atoms with Crippen molar-refractivity contribution in [3.05, 3.63) is 35.7 Å². The number of aryl methyl sites for hydroxylation is 1. The summed E-state index contributed by atoms with van der Waals surface area (Å²) >= 11 is 0. The van der Waals surface area contributed by atoms with Crippen molar-refractivity contribution in [1.82, 2.24) is 20.4 Å². The molecule has 0 radical (unpaired) electrons. The number of benzene rings is 1. The molecule has 2 atom stereocenters. The molecule has 0 bridgehead atoms. The van der Waals surface area contributed by atoms with Gasteiger partial charge in [-0.1, -0.05) is 37.5 Å². The van der Waals surface area contributed by atoms with Crippen molar-refractivity contribution < 1.29 is 23.5 Å². The molecule has 2 aromatic rings. The molecule has 3 amide bonds. The van der Waals surface area contributed by atoms with E-state index in [1.165, 1.54) is 0 Å². The first-order chi connectivity index (χ1) is 14.4. The maximum Gasteiger partial charge on any atom is 0.326 e. The number of amides is 3. The molecule has 0 unspecified atom stereocenters. The van der Waals surface area contributed by atoms with E-state index >= 15 is 0 Å². The number of imide groups is 1. The number of ether oxygens (including phenoxy) is 1. The second-order valence-electron chi connectivity index (χ2n) is 7.97. The predicted molar refractivity (Wildman–Crippen MR) is 105 cm³/mol. The van der Waals surface area contributed by atoms with Gasteiger partial charge in [0.1, 0.15) is 12.1 Å². The number of hydrogen-bond donors (Lipinski definition) is 1. The maximum atomic E-state index is 12.9. The summed E-state index contributed by atoms with van der Waals surface area (Å²) in [4.78, 5) is 38.4. The minimum absolute atomic E-state index is 0.0298. The number of carbonyl (C=O) groups excluding carboxylic acids is 3. The average molecular weight is 412 g/mol. The van der Waals surface area contributed by atoms with Crippen molar-refractivity contribution in [2.75, 3.05) is 6.54 Å². The molecule has 1 N–H and O–H groups in total. The van der Waals surface area contributed by atoms with Gasteiger partial charge >= 0.3 is 12.0 Å². The Morgan fingerprint density at radius 2 is 2.17 bits per heavy atom. The molecule has 4 rings (SSSR count). The SMILES string of the molecule is Cc1cccc(-c2nnc(COC(=O)CN3C(=O)N[C@@]4(CCCC[C@@H]4C)C3=O)o2)c1. The molecule has 1 saturated heterocycles. The van der Waals surface area contributed by atoms with Gasteiger partial charge in [0.05, 0.1) is 0 Å². The van der Waals surface area contributed by atoms with E-state index in [4.69, 9.17) is 9.15 Å². The first kappa shape index (κ1) is 20.1. The minimum Gasteiger partial charge on any atom is -0.454 e. The van der Waals surface area contributed by atoms with Crippen LogP contribution in [0.2, 0.25) is 0 Å². The molecule has 1 spiro atoms. The number of esters is 1. The summed E-state index contributed by atoms with van der Waals surface area (Å²) in [6.45, 7) is 3.23. The minimum atomic E-state index is -0.898. The molecule has 1 aliphatic carbocycles. The Labute approximate surface area is 173 Å². The molecule has 1 aliphatic heterocycles. The van der Waals surface area contributed by atoms with Crippen molar-refractivity contribution in [2.45, 2.75) is 51.7 Å². The third-order valence-corrected chi connectivity index (χ3v) is 5.88. The summed E-state index contributed by atoms with van der Waals surface area (Å²) < 4.78 is 10.7. The van der Waals surface area contributed by atoms with Crippen LogP contribution >= 0.6 is 0 Å². The number of nitrogens with zero attached hydrogens (tertiary/aromatic N) is 3. The molecule has 9 heteroatoms. The summed E-state index contributed by atoms with van der Waals surface area (Å²) in [5.74, 6) is -0.575. The highest BCUT2D eigenvalue weighted by molar-refractivity contribution is 6.08. The van der Waals surface area contributed by atoms with Gasteiger partial charge in [0, 0.05) is 5.56 Å². The fraction of sp³-hybridized carbons (Fsp3) is 0.476. The summed E-state index contributed by atoms with van der Waals surface area (Å²) in [7, 11) is 0. The van der Waals surface area contributed by atoms with Crippen molar-refractivity contribution in [1.29, 1.82) is 0 Å². The fourth-order valence-corrected chi connectivity index (χ4v) is 4.16. The fourth-order valence-electron chi connectivity index (χ4n) is 4.16. The summed E-state index contributed by atoms with van der Waals surface area (Å²) in [5, 5.41) is 10.7. The van der Waals surface area contributed by atoms with E-state index in [-0.39, 0.29) is 24.3 Å². The van der Waals surface area contributed by atoms with Crippen LogP contribution in [0.25, 0.3) is 11.5 Å². The smallest absolute Gasteiger partial charge is 0.326 e. The van der Waals surface area contributed by atoms with Gasteiger partial charge in [-0.2, -0.15) is 0 Å². The van der Waals surface area contributed by atoms with E-state index in [0.717, 1.165) is 35.3 Å².